The molecule has 1 unspecified atom stereocenters. The van der Waals surface area contributed by atoms with Gasteiger partial charge in [-0.1, -0.05) is 18.2 Å². The standard InChI is InChI=1S/C23H26FN3O2/c1-17(22(28)27-12-4-6-18-5-2-3-7-21(18)27)25-13-15-26(16-14-25)23(29)19-8-10-20(24)11-9-19/h2-3,5,7-11,17H,4,6,12-16H2,1H3. The molecule has 1 saturated heterocycles. The average molecular weight is 395 g/mol. The van der Waals surface area contributed by atoms with Crippen molar-refractivity contribution in [2.24, 2.45) is 0 Å². The Bertz CT molecular complexity index is 891. The van der Waals surface area contributed by atoms with E-state index in [0.29, 0.717) is 31.7 Å². The van der Waals surface area contributed by atoms with Gasteiger partial charge in [-0.2, -0.15) is 0 Å². The molecule has 0 aromatic heterocycles. The second-order valence-corrected chi connectivity index (χ2v) is 7.73. The zero-order chi connectivity index (χ0) is 20.4. The molecule has 5 nitrogen and oxygen atoms in total. The van der Waals surface area contributed by atoms with Crippen molar-refractivity contribution in [3.05, 3.63) is 65.5 Å². The SMILES string of the molecule is CC(C(=O)N1CCCc2ccccc21)N1CCN(C(=O)c2ccc(F)cc2)CC1. The van der Waals surface area contributed by atoms with Crippen molar-refractivity contribution in [3.8, 4) is 0 Å². The van der Waals surface area contributed by atoms with Gasteiger partial charge in [-0.15, -0.1) is 0 Å². The molecule has 0 N–H and O–H groups in total. The van der Waals surface area contributed by atoms with Gasteiger partial charge in [0.2, 0.25) is 5.91 Å². The van der Waals surface area contributed by atoms with Crippen molar-refractivity contribution in [2.75, 3.05) is 37.6 Å². The smallest absolute Gasteiger partial charge is 0.253 e. The van der Waals surface area contributed by atoms with Crippen molar-refractivity contribution in [1.29, 1.82) is 0 Å². The summed E-state index contributed by atoms with van der Waals surface area (Å²) in [5.41, 5.74) is 2.75. The minimum atomic E-state index is -0.349. The van der Waals surface area contributed by atoms with Gasteiger partial charge in [0.05, 0.1) is 6.04 Å². The lowest BCUT2D eigenvalue weighted by Crippen LogP contribution is -2.56. The summed E-state index contributed by atoms with van der Waals surface area (Å²) in [5, 5.41) is 0. The molecule has 0 radical (unpaired) electrons. The molecule has 2 aliphatic heterocycles. The summed E-state index contributed by atoms with van der Waals surface area (Å²) >= 11 is 0. The molecule has 0 spiro atoms. The number of amides is 2. The van der Waals surface area contributed by atoms with E-state index in [1.807, 2.05) is 30.0 Å². The molecule has 0 aliphatic carbocycles. The summed E-state index contributed by atoms with van der Waals surface area (Å²) in [6, 6.07) is 13.5. The van der Waals surface area contributed by atoms with Crippen molar-refractivity contribution in [2.45, 2.75) is 25.8 Å². The lowest BCUT2D eigenvalue weighted by Gasteiger charge is -2.40. The van der Waals surface area contributed by atoms with Crippen LogP contribution in [0, 0.1) is 5.82 Å². The van der Waals surface area contributed by atoms with Gasteiger partial charge >= 0.3 is 0 Å². The van der Waals surface area contributed by atoms with Crippen LogP contribution in [0.2, 0.25) is 0 Å². The minimum absolute atomic E-state index is 0.0893. The number of hydrogen-bond acceptors (Lipinski definition) is 3. The monoisotopic (exact) mass is 395 g/mol. The van der Waals surface area contributed by atoms with Gasteiger partial charge in [0.1, 0.15) is 5.82 Å². The van der Waals surface area contributed by atoms with Crippen LogP contribution in [0.4, 0.5) is 10.1 Å². The van der Waals surface area contributed by atoms with E-state index < -0.39 is 0 Å². The number of aryl methyl sites for hydroxylation is 1. The van der Waals surface area contributed by atoms with Gasteiger partial charge in [-0.25, -0.2) is 4.39 Å². The summed E-state index contributed by atoms with van der Waals surface area (Å²) in [4.78, 5) is 31.7. The van der Waals surface area contributed by atoms with Crippen LogP contribution >= 0.6 is 0 Å². The third-order valence-corrected chi connectivity index (χ3v) is 5.97. The van der Waals surface area contributed by atoms with E-state index in [2.05, 4.69) is 11.0 Å². The average Bonchev–Trinajstić information content (AvgIpc) is 2.78. The van der Waals surface area contributed by atoms with Crippen molar-refractivity contribution >= 4 is 17.5 Å². The third kappa shape index (κ3) is 4.03. The molecule has 0 bridgehead atoms. The van der Waals surface area contributed by atoms with Gasteiger partial charge in [-0.05, 0) is 55.7 Å². The van der Waals surface area contributed by atoms with Crippen molar-refractivity contribution in [3.63, 3.8) is 0 Å². The Morgan fingerprint density at radius 1 is 0.931 bits per heavy atom. The van der Waals surface area contributed by atoms with Crippen LogP contribution in [-0.2, 0) is 11.2 Å². The Labute approximate surface area is 170 Å². The van der Waals surface area contributed by atoms with Crippen LogP contribution in [0.5, 0.6) is 0 Å². The van der Waals surface area contributed by atoms with Crippen LogP contribution in [0.3, 0.4) is 0 Å². The number of piperazine rings is 1. The van der Waals surface area contributed by atoms with E-state index in [1.54, 1.807) is 4.90 Å². The predicted octanol–water partition coefficient (Wildman–Crippen LogP) is 2.95. The van der Waals surface area contributed by atoms with E-state index in [0.717, 1.165) is 25.1 Å². The lowest BCUT2D eigenvalue weighted by atomic mass is 10.0. The summed E-state index contributed by atoms with van der Waals surface area (Å²) < 4.78 is 13.1. The summed E-state index contributed by atoms with van der Waals surface area (Å²) in [6.07, 6.45) is 1.99. The normalized spacial score (nSPS) is 18.3. The van der Waals surface area contributed by atoms with Gasteiger partial charge in [0, 0.05) is 44.0 Å². The van der Waals surface area contributed by atoms with Crippen molar-refractivity contribution in [1.82, 2.24) is 9.80 Å². The number of anilines is 1. The fraction of sp³-hybridized carbons (Fsp3) is 0.391. The minimum Gasteiger partial charge on any atom is -0.336 e. The Kier molecular flexibility index (Phi) is 5.62. The van der Waals surface area contributed by atoms with Crippen LogP contribution < -0.4 is 4.90 Å². The highest BCUT2D eigenvalue weighted by atomic mass is 19.1. The molecule has 2 aromatic carbocycles. The number of nitrogens with zero attached hydrogens (tertiary/aromatic N) is 3. The number of para-hydroxylation sites is 1. The molecule has 1 atom stereocenters. The molecular weight excluding hydrogens is 369 g/mol. The third-order valence-electron chi connectivity index (χ3n) is 5.97. The predicted molar refractivity (Wildman–Crippen MR) is 110 cm³/mol. The Morgan fingerprint density at radius 3 is 2.34 bits per heavy atom. The number of carbonyl (C=O) groups excluding carboxylic acids is 2. The maximum atomic E-state index is 13.2. The number of rotatable bonds is 3. The number of fused-ring (bicyclic) bond motifs is 1. The van der Waals surface area contributed by atoms with Gasteiger partial charge in [0.15, 0.2) is 0 Å². The van der Waals surface area contributed by atoms with Crippen LogP contribution in [0.1, 0.15) is 29.3 Å². The second-order valence-electron chi connectivity index (χ2n) is 7.73. The number of hydrogen-bond donors (Lipinski definition) is 0. The first-order valence-electron chi connectivity index (χ1n) is 10.2. The fourth-order valence-electron chi connectivity index (χ4n) is 4.23. The van der Waals surface area contributed by atoms with Crippen LogP contribution in [-0.4, -0.2) is 60.4 Å². The first kappa shape index (κ1) is 19.6. The molecule has 0 saturated carbocycles. The Balaban J connectivity index is 1.38. The summed E-state index contributed by atoms with van der Waals surface area (Å²) in [7, 11) is 0. The highest BCUT2D eigenvalue weighted by molar-refractivity contribution is 5.98. The topological polar surface area (TPSA) is 43.9 Å². The zero-order valence-electron chi connectivity index (χ0n) is 16.7. The van der Waals surface area contributed by atoms with E-state index in [1.165, 1.54) is 29.8 Å². The Morgan fingerprint density at radius 2 is 1.62 bits per heavy atom. The van der Waals surface area contributed by atoms with E-state index in [4.69, 9.17) is 0 Å². The number of carbonyl (C=O) groups is 2. The molecule has 1 fully saturated rings. The second kappa shape index (κ2) is 8.33. The molecule has 29 heavy (non-hydrogen) atoms. The number of halogens is 1. The van der Waals surface area contributed by atoms with Crippen molar-refractivity contribution < 1.29 is 14.0 Å². The quantitative estimate of drug-likeness (QED) is 0.803. The first-order chi connectivity index (χ1) is 14.0. The molecule has 2 aliphatic rings. The molecule has 4 rings (SSSR count). The Hall–Kier alpha value is -2.73. The maximum absolute atomic E-state index is 13.2. The summed E-state index contributed by atoms with van der Waals surface area (Å²) in [6.45, 7) is 5.12. The highest BCUT2D eigenvalue weighted by Gasteiger charge is 2.32. The lowest BCUT2D eigenvalue weighted by molar-refractivity contribution is -0.123. The fourth-order valence-corrected chi connectivity index (χ4v) is 4.23. The molecule has 6 heteroatoms. The largest absolute Gasteiger partial charge is 0.336 e. The van der Waals surface area contributed by atoms with Crippen LogP contribution in [0.15, 0.2) is 48.5 Å². The zero-order valence-corrected chi connectivity index (χ0v) is 16.7. The van der Waals surface area contributed by atoms with E-state index >= 15 is 0 Å². The van der Waals surface area contributed by atoms with E-state index in [9.17, 15) is 14.0 Å². The molecule has 152 valence electrons. The highest BCUT2D eigenvalue weighted by Crippen LogP contribution is 2.28. The molecular formula is C23H26FN3O2. The van der Waals surface area contributed by atoms with Gasteiger partial charge < -0.3 is 9.80 Å². The molecule has 2 heterocycles. The van der Waals surface area contributed by atoms with Gasteiger partial charge in [-0.3, -0.25) is 14.5 Å². The maximum Gasteiger partial charge on any atom is 0.253 e. The van der Waals surface area contributed by atoms with Gasteiger partial charge in [0.25, 0.3) is 5.91 Å². The van der Waals surface area contributed by atoms with Crippen LogP contribution in [0.25, 0.3) is 0 Å². The molecule has 2 aromatic rings. The number of benzene rings is 2. The summed E-state index contributed by atoms with van der Waals surface area (Å²) in [5.74, 6) is -0.318. The van der Waals surface area contributed by atoms with E-state index in [-0.39, 0.29) is 23.7 Å². The first-order valence-corrected chi connectivity index (χ1v) is 10.2. The molecule has 2 amide bonds.